The molecule has 1 aliphatic rings. The fourth-order valence-electron chi connectivity index (χ4n) is 1.59. The van der Waals surface area contributed by atoms with Crippen LogP contribution in [0.1, 0.15) is 5.56 Å². The predicted octanol–water partition coefficient (Wildman–Crippen LogP) is -0.108. The highest BCUT2D eigenvalue weighted by Gasteiger charge is 2.18. The summed E-state index contributed by atoms with van der Waals surface area (Å²) in [6, 6.07) is 4.78. The lowest BCUT2D eigenvalue weighted by atomic mass is 10.2. The van der Waals surface area contributed by atoms with Gasteiger partial charge in [0.25, 0.3) is 0 Å². The average Bonchev–Trinajstić information content (AvgIpc) is 2.73. The summed E-state index contributed by atoms with van der Waals surface area (Å²) < 4.78 is 31.0. The Labute approximate surface area is 94.1 Å². The predicted molar refractivity (Wildman–Crippen MR) is 57.9 cm³/mol. The van der Waals surface area contributed by atoms with Crippen molar-refractivity contribution < 1.29 is 18.3 Å². The summed E-state index contributed by atoms with van der Waals surface area (Å²) in [6.07, 6.45) is 0.735. The topological polar surface area (TPSA) is 75.6 Å². The summed E-state index contributed by atoms with van der Waals surface area (Å²) in [5, 5.41) is 8.58. The largest absolute Gasteiger partial charge is 0.493 e. The lowest BCUT2D eigenvalue weighted by Gasteiger charge is -2.06. The van der Waals surface area contributed by atoms with E-state index in [4.69, 9.17) is 9.84 Å². The molecule has 0 unspecified atom stereocenters. The van der Waals surface area contributed by atoms with Crippen LogP contribution in [0.2, 0.25) is 0 Å². The number of hydrogen-bond donors (Lipinski definition) is 2. The number of aliphatic hydroxyl groups excluding tert-OH is 1. The molecule has 6 heteroatoms. The zero-order valence-corrected chi connectivity index (χ0v) is 9.46. The van der Waals surface area contributed by atoms with E-state index in [-0.39, 0.29) is 18.0 Å². The molecule has 2 N–H and O–H groups in total. The Morgan fingerprint density at radius 1 is 1.44 bits per heavy atom. The molecule has 1 aromatic carbocycles. The summed E-state index contributed by atoms with van der Waals surface area (Å²) >= 11 is 0. The van der Waals surface area contributed by atoms with E-state index in [1.807, 2.05) is 0 Å². The highest BCUT2D eigenvalue weighted by Crippen LogP contribution is 2.27. The Bertz CT molecular complexity index is 484. The maximum absolute atomic E-state index is 11.7. The molecule has 0 aromatic heterocycles. The fourth-order valence-corrected chi connectivity index (χ4v) is 2.66. The van der Waals surface area contributed by atoms with E-state index >= 15 is 0 Å². The van der Waals surface area contributed by atoms with Crippen molar-refractivity contribution in [2.45, 2.75) is 11.3 Å². The van der Waals surface area contributed by atoms with Crippen molar-refractivity contribution in [3.05, 3.63) is 23.8 Å². The maximum Gasteiger partial charge on any atom is 0.240 e. The highest BCUT2D eigenvalue weighted by molar-refractivity contribution is 7.89. The number of hydrogen-bond acceptors (Lipinski definition) is 4. The van der Waals surface area contributed by atoms with Crippen LogP contribution >= 0.6 is 0 Å². The van der Waals surface area contributed by atoms with Gasteiger partial charge in [0, 0.05) is 13.0 Å². The molecule has 0 amide bonds. The molecule has 0 bridgehead atoms. The van der Waals surface area contributed by atoms with Gasteiger partial charge in [0.15, 0.2) is 0 Å². The second-order valence-electron chi connectivity index (χ2n) is 3.49. The van der Waals surface area contributed by atoms with Gasteiger partial charge in [-0.25, -0.2) is 13.1 Å². The number of nitrogens with one attached hydrogen (secondary N) is 1. The molecule has 0 saturated carbocycles. The summed E-state index contributed by atoms with van der Waals surface area (Å²) in [5.41, 5.74) is 0.909. The zero-order chi connectivity index (χ0) is 11.6. The fraction of sp³-hybridized carbons (Fsp3) is 0.400. The molecule has 1 heterocycles. The Kier molecular flexibility index (Phi) is 3.13. The lowest BCUT2D eigenvalue weighted by molar-refractivity contribution is 0.301. The Morgan fingerprint density at radius 3 is 3.00 bits per heavy atom. The molecule has 1 aliphatic heterocycles. The summed E-state index contributed by atoms with van der Waals surface area (Å²) in [4.78, 5) is 0.213. The summed E-state index contributed by atoms with van der Waals surface area (Å²) in [5.74, 6) is 0.751. The number of benzene rings is 1. The molecule has 0 radical (unpaired) electrons. The van der Waals surface area contributed by atoms with Crippen molar-refractivity contribution in [2.75, 3.05) is 19.8 Å². The van der Waals surface area contributed by atoms with E-state index in [9.17, 15) is 8.42 Å². The van der Waals surface area contributed by atoms with Crippen molar-refractivity contribution in [1.82, 2.24) is 4.72 Å². The van der Waals surface area contributed by atoms with E-state index < -0.39 is 10.0 Å². The number of ether oxygens (including phenoxy) is 1. The zero-order valence-electron chi connectivity index (χ0n) is 8.64. The number of sulfonamides is 1. The number of fused-ring (bicyclic) bond motifs is 1. The molecule has 0 aliphatic carbocycles. The van der Waals surface area contributed by atoms with Gasteiger partial charge >= 0.3 is 0 Å². The van der Waals surface area contributed by atoms with Crippen LogP contribution < -0.4 is 9.46 Å². The quantitative estimate of drug-likeness (QED) is 0.774. The normalized spacial score (nSPS) is 14.6. The molecular formula is C10H13NO4S. The first kappa shape index (κ1) is 11.4. The summed E-state index contributed by atoms with van der Waals surface area (Å²) in [7, 11) is -3.51. The molecule has 2 rings (SSSR count). The average molecular weight is 243 g/mol. The van der Waals surface area contributed by atoms with Crippen LogP contribution in [0.4, 0.5) is 0 Å². The van der Waals surface area contributed by atoms with Gasteiger partial charge in [-0.2, -0.15) is 0 Å². The molecule has 5 nitrogen and oxygen atoms in total. The van der Waals surface area contributed by atoms with Gasteiger partial charge in [-0.1, -0.05) is 0 Å². The standard InChI is InChI=1S/C10H13NO4S/c12-5-4-11-16(13,14)9-1-2-10-8(7-9)3-6-15-10/h1-2,7,11-12H,3-6H2. The van der Waals surface area contributed by atoms with Crippen LogP contribution in [0.5, 0.6) is 5.75 Å². The first-order valence-electron chi connectivity index (χ1n) is 5.00. The van der Waals surface area contributed by atoms with Crippen LogP contribution in [-0.2, 0) is 16.4 Å². The molecule has 0 saturated heterocycles. The minimum Gasteiger partial charge on any atom is -0.493 e. The van der Waals surface area contributed by atoms with E-state index in [1.54, 1.807) is 12.1 Å². The van der Waals surface area contributed by atoms with Crippen LogP contribution in [0.15, 0.2) is 23.1 Å². The van der Waals surface area contributed by atoms with Crippen molar-refractivity contribution in [3.8, 4) is 5.75 Å². The monoisotopic (exact) mass is 243 g/mol. The third-order valence-corrected chi connectivity index (χ3v) is 3.83. The molecule has 0 fully saturated rings. The summed E-state index contributed by atoms with van der Waals surface area (Å²) in [6.45, 7) is 0.409. The third kappa shape index (κ3) is 2.18. The molecule has 1 aromatic rings. The van der Waals surface area contributed by atoms with Crippen molar-refractivity contribution in [2.24, 2.45) is 0 Å². The second kappa shape index (κ2) is 4.40. The molecule has 0 spiro atoms. The molecule has 88 valence electrons. The Hall–Kier alpha value is -1.11. The van der Waals surface area contributed by atoms with E-state index in [1.165, 1.54) is 6.07 Å². The van der Waals surface area contributed by atoms with Crippen molar-refractivity contribution >= 4 is 10.0 Å². The molecular weight excluding hydrogens is 230 g/mol. The van der Waals surface area contributed by atoms with Crippen molar-refractivity contribution in [1.29, 1.82) is 0 Å². The van der Waals surface area contributed by atoms with E-state index in [0.717, 1.165) is 17.7 Å². The second-order valence-corrected chi connectivity index (χ2v) is 5.26. The molecule has 0 atom stereocenters. The van der Waals surface area contributed by atoms with Gasteiger partial charge in [-0.15, -0.1) is 0 Å². The van der Waals surface area contributed by atoms with Gasteiger partial charge in [-0.3, -0.25) is 0 Å². The van der Waals surface area contributed by atoms with E-state index in [0.29, 0.717) is 6.61 Å². The minimum atomic E-state index is -3.51. The van der Waals surface area contributed by atoms with E-state index in [2.05, 4.69) is 4.72 Å². The number of aliphatic hydroxyl groups is 1. The van der Waals surface area contributed by atoms with Gasteiger partial charge in [0.2, 0.25) is 10.0 Å². The molecule has 16 heavy (non-hydrogen) atoms. The van der Waals surface area contributed by atoms with Crippen LogP contribution in [0.3, 0.4) is 0 Å². The minimum absolute atomic E-state index is 0.0237. The SMILES string of the molecule is O=S(=O)(NCCO)c1ccc2c(c1)CCO2. The smallest absolute Gasteiger partial charge is 0.240 e. The van der Waals surface area contributed by atoms with Gasteiger partial charge in [0.05, 0.1) is 18.1 Å². The van der Waals surface area contributed by atoms with Gasteiger partial charge in [-0.05, 0) is 23.8 Å². The van der Waals surface area contributed by atoms with Gasteiger partial charge < -0.3 is 9.84 Å². The highest BCUT2D eigenvalue weighted by atomic mass is 32.2. The lowest BCUT2D eigenvalue weighted by Crippen LogP contribution is -2.26. The number of rotatable bonds is 4. The van der Waals surface area contributed by atoms with Crippen LogP contribution in [-0.4, -0.2) is 33.3 Å². The van der Waals surface area contributed by atoms with Crippen molar-refractivity contribution in [3.63, 3.8) is 0 Å². The third-order valence-electron chi connectivity index (χ3n) is 2.38. The Morgan fingerprint density at radius 2 is 2.25 bits per heavy atom. The van der Waals surface area contributed by atoms with Crippen LogP contribution in [0, 0.1) is 0 Å². The van der Waals surface area contributed by atoms with Gasteiger partial charge in [0.1, 0.15) is 5.75 Å². The first-order valence-corrected chi connectivity index (χ1v) is 6.48. The van der Waals surface area contributed by atoms with Crippen LogP contribution in [0.25, 0.3) is 0 Å². The Balaban J connectivity index is 2.27. The maximum atomic E-state index is 11.7. The first-order chi connectivity index (χ1) is 7.63.